The van der Waals surface area contributed by atoms with Crippen molar-refractivity contribution in [3.63, 3.8) is 0 Å². The van der Waals surface area contributed by atoms with Crippen LogP contribution in [0.3, 0.4) is 0 Å². The van der Waals surface area contributed by atoms with Crippen LogP contribution in [0.1, 0.15) is 176 Å². The van der Waals surface area contributed by atoms with E-state index < -0.39 is 200 Å². The van der Waals surface area contributed by atoms with Crippen LogP contribution in [0, 0.1) is 41.4 Å². The molecule has 0 amide bonds. The lowest BCUT2D eigenvalue weighted by Crippen LogP contribution is -2.65. The lowest BCUT2D eigenvalue weighted by Gasteiger charge is -2.44. The monoisotopic (exact) mass is 1340 g/mol. The Labute approximate surface area is 552 Å². The number of aromatic hydroxyl groups is 1. The maximum atomic E-state index is 13.9. The standard InChI is InChI=1S/C68H110O26/c1-13-52(89-57-31-54(63(85-12)40(10)87-57)91-67(83)42-21-22-47(72)53(26-42)90-56-25-23-46(71)39(9)86-56)35(5)59(79)36(6)60(80)37(7)61-38(8)62-64(93-62)48(73)19-15-18-43(70)27-44(88-41(11)69)28-45-29-51(76)65(81)68(84,94-45)66(82)58(78)34(4)17-14-16-32(2)49(74)30-50(75)33(3)20-24-55(77)92-61/h20-22,24,26,32-40,43-46,48-52,54,56-65,70-76,78-81,84H,13-19,23,25,27-31H2,1-12H3/b24-20+/t32-,33-,34+,35-,36+,37-,38-,39+,40-,43+,44-,45-,46+,48-,49-,50+,51-,52-,54-,56-,57+,58-,59-,60-,61-,62+,63-,64-,65+,68-/m0/s1. The number of phenols is 1. The van der Waals surface area contributed by atoms with E-state index in [1.165, 1.54) is 31.4 Å². The minimum absolute atomic E-state index is 0.00929. The number of rotatable bonds is 15. The van der Waals surface area contributed by atoms with E-state index in [4.69, 9.17) is 47.4 Å². The Balaban J connectivity index is 1.15. The average molecular weight is 1340 g/mol. The fourth-order valence-corrected chi connectivity index (χ4v) is 13.8. The van der Waals surface area contributed by atoms with Crippen molar-refractivity contribution < 1.29 is 128 Å². The molecule has 0 aliphatic carbocycles. The molecule has 0 unspecified atom stereocenters. The van der Waals surface area contributed by atoms with Crippen LogP contribution in [0.25, 0.3) is 0 Å². The van der Waals surface area contributed by atoms with Crippen LogP contribution in [0.4, 0.5) is 0 Å². The topological polar surface area (TPSA) is 407 Å². The molecule has 94 heavy (non-hydrogen) atoms. The van der Waals surface area contributed by atoms with Gasteiger partial charge in [-0.3, -0.25) is 9.59 Å². The maximum Gasteiger partial charge on any atom is 0.338 e. The van der Waals surface area contributed by atoms with Crippen molar-refractivity contribution in [1.82, 2.24) is 0 Å². The summed E-state index contributed by atoms with van der Waals surface area (Å²) in [5.74, 6) is -11.8. The van der Waals surface area contributed by atoms with E-state index in [-0.39, 0.29) is 80.8 Å². The summed E-state index contributed by atoms with van der Waals surface area (Å²) in [6.07, 6.45) is -18.7. The number of esters is 3. The van der Waals surface area contributed by atoms with Gasteiger partial charge in [-0.25, -0.2) is 9.59 Å². The number of aliphatic hydroxyl groups excluding tert-OH is 10. The van der Waals surface area contributed by atoms with E-state index in [0.29, 0.717) is 32.1 Å². The number of aliphatic hydroxyl groups is 11. The highest BCUT2D eigenvalue weighted by molar-refractivity contribution is 5.91. The number of phenolic OH excluding ortho intramolecular Hbond substituents is 1. The summed E-state index contributed by atoms with van der Waals surface area (Å²) >= 11 is 0. The molecule has 2 bridgehead atoms. The summed E-state index contributed by atoms with van der Waals surface area (Å²) in [5, 5.41) is 135. The van der Waals surface area contributed by atoms with Gasteiger partial charge in [-0.05, 0) is 88.8 Å². The Kier molecular flexibility index (Phi) is 29.9. The second kappa shape index (κ2) is 35.6. The average Bonchev–Trinajstić information content (AvgIpc) is 1.29. The molecule has 26 heteroatoms. The first-order chi connectivity index (χ1) is 44.2. The zero-order valence-corrected chi connectivity index (χ0v) is 56.6. The van der Waals surface area contributed by atoms with Gasteiger partial charge >= 0.3 is 17.9 Å². The fourth-order valence-electron chi connectivity index (χ4n) is 13.8. The summed E-state index contributed by atoms with van der Waals surface area (Å²) < 4.78 is 59.7. The van der Waals surface area contributed by atoms with Gasteiger partial charge in [0.1, 0.15) is 42.7 Å². The molecule has 0 saturated carbocycles. The second-order valence-corrected chi connectivity index (χ2v) is 27.7. The molecule has 1 aromatic carbocycles. The maximum absolute atomic E-state index is 13.9. The molecule has 4 fully saturated rings. The Morgan fingerprint density at radius 1 is 0.702 bits per heavy atom. The Hall–Kier alpha value is -4.04. The first-order valence-corrected chi connectivity index (χ1v) is 33.9. The molecule has 6 rings (SSSR count). The van der Waals surface area contributed by atoms with E-state index in [9.17, 15) is 80.5 Å². The van der Waals surface area contributed by atoms with E-state index in [1.807, 2.05) is 6.92 Å². The number of epoxide rings is 1. The molecule has 4 saturated heterocycles. The molecule has 0 radical (unpaired) electrons. The van der Waals surface area contributed by atoms with Crippen LogP contribution in [0.5, 0.6) is 11.5 Å². The number of carbonyl (C=O) groups excluding carboxylic acids is 4. The van der Waals surface area contributed by atoms with Gasteiger partial charge in [0.15, 0.2) is 17.8 Å². The van der Waals surface area contributed by atoms with Crippen LogP contribution in [0.2, 0.25) is 0 Å². The molecule has 5 aliphatic heterocycles. The number of benzene rings is 1. The molecule has 5 aliphatic rings. The normalized spacial score (nSPS) is 40.6. The highest BCUT2D eigenvalue weighted by Crippen LogP contribution is 2.42. The largest absolute Gasteiger partial charge is 0.504 e. The van der Waals surface area contributed by atoms with E-state index in [0.717, 1.165) is 13.0 Å². The van der Waals surface area contributed by atoms with E-state index in [1.54, 1.807) is 62.3 Å². The van der Waals surface area contributed by atoms with Crippen LogP contribution >= 0.6 is 0 Å². The summed E-state index contributed by atoms with van der Waals surface area (Å²) in [4.78, 5) is 53.7. The van der Waals surface area contributed by atoms with Gasteiger partial charge in [0.2, 0.25) is 12.1 Å². The molecule has 5 heterocycles. The smallest absolute Gasteiger partial charge is 0.338 e. The number of cyclic esters (lactones) is 1. The number of hydrogen-bond acceptors (Lipinski definition) is 26. The van der Waals surface area contributed by atoms with Crippen molar-refractivity contribution in [3.8, 4) is 11.5 Å². The molecule has 0 aromatic heterocycles. The number of Topliss-reactive ketones (excluding diaryl/α,β-unsaturated/α-hetero) is 1. The third-order valence-electron chi connectivity index (χ3n) is 20.2. The molecule has 0 spiro atoms. The minimum Gasteiger partial charge on any atom is -0.504 e. The first-order valence-electron chi connectivity index (χ1n) is 33.9. The Bertz CT molecular complexity index is 2570. The summed E-state index contributed by atoms with van der Waals surface area (Å²) in [6, 6.07) is 4.04. The van der Waals surface area contributed by atoms with Gasteiger partial charge < -0.3 is 109 Å². The zero-order chi connectivity index (χ0) is 69.8. The van der Waals surface area contributed by atoms with E-state index in [2.05, 4.69) is 0 Å². The van der Waals surface area contributed by atoms with E-state index >= 15 is 0 Å². The molecule has 30 atom stereocenters. The number of methoxy groups -OCH3 is 1. The van der Waals surface area contributed by atoms with Crippen molar-refractivity contribution in [2.75, 3.05) is 7.11 Å². The van der Waals surface area contributed by atoms with Gasteiger partial charge in [0.05, 0.1) is 84.9 Å². The summed E-state index contributed by atoms with van der Waals surface area (Å²) in [6.45, 7) is 18.3. The number of hydrogen-bond donors (Lipinski definition) is 12. The van der Waals surface area contributed by atoms with Crippen molar-refractivity contribution in [3.05, 3.63) is 35.9 Å². The molecule has 1 aromatic rings. The van der Waals surface area contributed by atoms with Crippen molar-refractivity contribution in [2.45, 2.75) is 306 Å². The summed E-state index contributed by atoms with van der Waals surface area (Å²) in [5.41, 5.74) is 0.0732. The highest BCUT2D eigenvalue weighted by atomic mass is 16.7. The van der Waals surface area contributed by atoms with Crippen LogP contribution in [-0.4, -0.2) is 233 Å². The third kappa shape index (κ3) is 21.0. The number of ether oxygens (including phenoxy) is 10. The third-order valence-corrected chi connectivity index (χ3v) is 20.2. The van der Waals surface area contributed by atoms with Crippen molar-refractivity contribution in [1.29, 1.82) is 0 Å². The molecule has 26 nitrogen and oxygen atoms in total. The lowest BCUT2D eigenvalue weighted by atomic mass is 9.77. The van der Waals surface area contributed by atoms with Crippen molar-refractivity contribution in [2.24, 2.45) is 41.4 Å². The quantitative estimate of drug-likeness (QED) is 0.0678. The summed E-state index contributed by atoms with van der Waals surface area (Å²) in [7, 11) is 1.46. The lowest BCUT2D eigenvalue weighted by molar-refractivity contribution is -0.309. The number of fused-ring (bicyclic) bond motifs is 3. The molecular formula is C68H110O26. The highest BCUT2D eigenvalue weighted by Gasteiger charge is 2.57. The van der Waals surface area contributed by atoms with Crippen LogP contribution in [-0.2, 0) is 57.0 Å². The van der Waals surface area contributed by atoms with Crippen molar-refractivity contribution >= 4 is 23.7 Å². The number of ketones is 1. The van der Waals surface area contributed by atoms with Crippen LogP contribution in [0.15, 0.2) is 30.4 Å². The van der Waals surface area contributed by atoms with Crippen LogP contribution < -0.4 is 4.74 Å². The second-order valence-electron chi connectivity index (χ2n) is 27.7. The number of carbonyl (C=O) groups is 4. The molecule has 538 valence electrons. The zero-order valence-electron chi connectivity index (χ0n) is 56.6. The predicted molar refractivity (Wildman–Crippen MR) is 335 cm³/mol. The van der Waals surface area contributed by atoms with Gasteiger partial charge in [0.25, 0.3) is 5.79 Å². The predicted octanol–water partition coefficient (Wildman–Crippen LogP) is 3.57. The van der Waals surface area contributed by atoms with Gasteiger partial charge in [-0.1, -0.05) is 67.9 Å². The Morgan fingerprint density at radius 2 is 1.37 bits per heavy atom. The minimum atomic E-state index is -3.04. The van der Waals surface area contributed by atoms with Gasteiger partial charge in [-0.2, -0.15) is 0 Å². The molecule has 12 N–H and O–H groups in total. The first kappa shape index (κ1) is 79.0. The van der Waals surface area contributed by atoms with Gasteiger partial charge in [0, 0.05) is 88.2 Å². The SMILES string of the molecule is CC[C@H](O[C@@H]1C[C@H](OC(=O)c2ccc(O)c(O[C@H]3CC[C@@H](O)[C@@H](C)O3)c2)[C@@H](OC)[C@H](C)O1)[C@H](C)[C@H](O)[C@@H](C)[C@H](O)[C@H](C)[C@@H]1OC(=O)/C=C/[C@H](C)[C@H](O)C[C@H](O)[C@@H](C)CCC[C@@H](C)[C@H](O)C(=O)[C@@]2(O)O[C@@H](C[C@@H](OC(C)=O)C[C@H](O)CCC[C@H](O)[C@@H]3O[C@@H]3[C@H]1C)C[C@H](O)[C@H]2O. The fraction of sp³-hybridized carbons (Fsp3) is 0.824. The molecular weight excluding hydrogens is 1230 g/mol. The van der Waals surface area contributed by atoms with Gasteiger partial charge in [-0.15, -0.1) is 0 Å². The Morgan fingerprint density at radius 3 is 2.03 bits per heavy atom.